The number of carbonyl (C=O) groups excluding carboxylic acids is 1. The van der Waals surface area contributed by atoms with Gasteiger partial charge in [0.1, 0.15) is 0 Å². The summed E-state index contributed by atoms with van der Waals surface area (Å²) in [5, 5.41) is 0.628. The smallest absolute Gasteiger partial charge is 0.255 e. The summed E-state index contributed by atoms with van der Waals surface area (Å²) in [4.78, 5) is 14.5. The molecule has 1 saturated carbocycles. The van der Waals surface area contributed by atoms with E-state index in [1.165, 1.54) is 0 Å². The third-order valence-electron chi connectivity index (χ3n) is 4.36. The van der Waals surface area contributed by atoms with Crippen LogP contribution in [0.2, 0.25) is 5.02 Å². The molecule has 1 aliphatic heterocycles. The first-order valence-electron chi connectivity index (χ1n) is 6.56. The van der Waals surface area contributed by atoms with Gasteiger partial charge in [-0.1, -0.05) is 11.6 Å². The minimum absolute atomic E-state index is 0.0742. The Morgan fingerprint density at radius 2 is 2.16 bits per heavy atom. The summed E-state index contributed by atoms with van der Waals surface area (Å²) in [6.07, 6.45) is 2.25. The van der Waals surface area contributed by atoms with Crippen molar-refractivity contribution >= 4 is 33.4 Å². The summed E-state index contributed by atoms with van der Waals surface area (Å²) in [6, 6.07) is 5.55. The molecule has 2 fully saturated rings. The topological polar surface area (TPSA) is 46.3 Å². The molecule has 2 aliphatic rings. The Kier molecular flexibility index (Phi) is 3.58. The van der Waals surface area contributed by atoms with Gasteiger partial charge in [-0.05, 0) is 58.8 Å². The van der Waals surface area contributed by atoms with Gasteiger partial charge < -0.3 is 10.6 Å². The molecule has 102 valence electrons. The standard InChI is InChI=1S/C14H16BrClN2O/c15-12-5-9(16)2-3-10(12)14(19)18-6-8-1-4-13(17)11(8)7-18/h2-3,5,8,11,13H,1,4,6-7,17H2. The van der Waals surface area contributed by atoms with Crippen LogP contribution in [0.3, 0.4) is 0 Å². The van der Waals surface area contributed by atoms with Crippen molar-refractivity contribution in [3.8, 4) is 0 Å². The summed E-state index contributed by atoms with van der Waals surface area (Å²) >= 11 is 9.32. The van der Waals surface area contributed by atoms with Gasteiger partial charge in [-0.3, -0.25) is 4.79 Å². The molecule has 1 aromatic carbocycles. The number of rotatable bonds is 1. The lowest BCUT2D eigenvalue weighted by molar-refractivity contribution is 0.0778. The predicted molar refractivity (Wildman–Crippen MR) is 79.2 cm³/mol. The molecule has 3 rings (SSSR count). The molecule has 2 N–H and O–H groups in total. The molecule has 3 unspecified atom stereocenters. The molecule has 1 aromatic rings. The van der Waals surface area contributed by atoms with Gasteiger partial charge in [-0.15, -0.1) is 0 Å². The highest BCUT2D eigenvalue weighted by Gasteiger charge is 2.42. The van der Waals surface area contributed by atoms with Crippen LogP contribution in [0.4, 0.5) is 0 Å². The lowest BCUT2D eigenvalue weighted by Crippen LogP contribution is -2.33. The summed E-state index contributed by atoms with van der Waals surface area (Å²) in [5.74, 6) is 1.14. The Morgan fingerprint density at radius 1 is 1.37 bits per heavy atom. The number of halogens is 2. The van der Waals surface area contributed by atoms with Gasteiger partial charge in [0.05, 0.1) is 5.56 Å². The van der Waals surface area contributed by atoms with Crippen LogP contribution in [0.25, 0.3) is 0 Å². The molecular weight excluding hydrogens is 328 g/mol. The Morgan fingerprint density at radius 3 is 2.84 bits per heavy atom. The zero-order valence-corrected chi connectivity index (χ0v) is 12.8. The second-order valence-electron chi connectivity index (χ2n) is 5.50. The van der Waals surface area contributed by atoms with E-state index in [2.05, 4.69) is 15.9 Å². The van der Waals surface area contributed by atoms with E-state index in [0.717, 1.165) is 30.4 Å². The number of hydrogen-bond donors (Lipinski definition) is 1. The van der Waals surface area contributed by atoms with E-state index in [0.29, 0.717) is 22.4 Å². The average Bonchev–Trinajstić information content (AvgIpc) is 2.91. The van der Waals surface area contributed by atoms with E-state index < -0.39 is 0 Å². The number of nitrogens with zero attached hydrogens (tertiary/aromatic N) is 1. The van der Waals surface area contributed by atoms with Crippen LogP contribution < -0.4 is 5.73 Å². The van der Waals surface area contributed by atoms with Gasteiger partial charge in [0, 0.05) is 28.6 Å². The van der Waals surface area contributed by atoms with Crippen molar-refractivity contribution in [3.05, 3.63) is 33.3 Å². The molecule has 1 saturated heterocycles. The summed E-state index contributed by atoms with van der Waals surface area (Å²) < 4.78 is 0.756. The van der Waals surface area contributed by atoms with E-state index >= 15 is 0 Å². The van der Waals surface area contributed by atoms with E-state index in [4.69, 9.17) is 17.3 Å². The highest BCUT2D eigenvalue weighted by atomic mass is 79.9. The Labute approximate surface area is 126 Å². The SMILES string of the molecule is NC1CCC2CN(C(=O)c3ccc(Cl)cc3Br)CC12. The number of fused-ring (bicyclic) bond motifs is 1. The molecular formula is C14H16BrClN2O. The van der Waals surface area contributed by atoms with Crippen LogP contribution in [0.1, 0.15) is 23.2 Å². The van der Waals surface area contributed by atoms with Gasteiger partial charge in [0.15, 0.2) is 0 Å². The average molecular weight is 344 g/mol. The van der Waals surface area contributed by atoms with Gasteiger partial charge in [0.25, 0.3) is 5.91 Å². The molecule has 3 nitrogen and oxygen atoms in total. The fraction of sp³-hybridized carbons (Fsp3) is 0.500. The molecule has 1 aliphatic carbocycles. The summed E-state index contributed by atoms with van der Waals surface area (Å²) in [5.41, 5.74) is 6.78. The van der Waals surface area contributed by atoms with Crippen molar-refractivity contribution in [1.82, 2.24) is 4.90 Å². The van der Waals surface area contributed by atoms with Crippen LogP contribution in [0.5, 0.6) is 0 Å². The number of benzene rings is 1. The monoisotopic (exact) mass is 342 g/mol. The largest absolute Gasteiger partial charge is 0.338 e. The lowest BCUT2D eigenvalue weighted by atomic mass is 9.98. The van der Waals surface area contributed by atoms with Crippen LogP contribution in [0, 0.1) is 11.8 Å². The predicted octanol–water partition coefficient (Wildman–Crippen LogP) is 2.91. The Balaban J connectivity index is 1.78. The van der Waals surface area contributed by atoms with Crippen molar-refractivity contribution in [2.24, 2.45) is 17.6 Å². The van der Waals surface area contributed by atoms with E-state index in [-0.39, 0.29) is 11.9 Å². The van der Waals surface area contributed by atoms with E-state index in [9.17, 15) is 4.79 Å². The molecule has 0 radical (unpaired) electrons. The molecule has 0 bridgehead atoms. The molecule has 19 heavy (non-hydrogen) atoms. The van der Waals surface area contributed by atoms with Crippen molar-refractivity contribution in [3.63, 3.8) is 0 Å². The van der Waals surface area contributed by atoms with Crippen LogP contribution in [0.15, 0.2) is 22.7 Å². The van der Waals surface area contributed by atoms with Crippen molar-refractivity contribution < 1.29 is 4.79 Å². The highest BCUT2D eigenvalue weighted by Crippen LogP contribution is 2.38. The quantitative estimate of drug-likeness (QED) is 0.852. The number of carbonyl (C=O) groups is 1. The third kappa shape index (κ3) is 2.41. The van der Waals surface area contributed by atoms with Crippen LogP contribution in [-0.4, -0.2) is 29.9 Å². The minimum Gasteiger partial charge on any atom is -0.338 e. The molecule has 0 aromatic heterocycles. The number of likely N-dealkylation sites (tertiary alicyclic amines) is 1. The van der Waals surface area contributed by atoms with Crippen LogP contribution in [-0.2, 0) is 0 Å². The maximum Gasteiger partial charge on any atom is 0.255 e. The maximum atomic E-state index is 12.5. The zero-order valence-electron chi connectivity index (χ0n) is 10.5. The van der Waals surface area contributed by atoms with Gasteiger partial charge in [-0.25, -0.2) is 0 Å². The second-order valence-corrected chi connectivity index (χ2v) is 6.79. The van der Waals surface area contributed by atoms with Crippen molar-refractivity contribution in [1.29, 1.82) is 0 Å². The first kappa shape index (κ1) is 13.4. The summed E-state index contributed by atoms with van der Waals surface area (Å²) in [6.45, 7) is 1.63. The van der Waals surface area contributed by atoms with Crippen LogP contribution >= 0.6 is 27.5 Å². The Bertz CT molecular complexity index is 522. The fourth-order valence-corrected chi connectivity index (χ4v) is 4.16. The fourth-order valence-electron chi connectivity index (χ4n) is 3.31. The lowest BCUT2D eigenvalue weighted by Gasteiger charge is -2.19. The Hall–Kier alpha value is -0.580. The van der Waals surface area contributed by atoms with Crippen molar-refractivity contribution in [2.75, 3.05) is 13.1 Å². The zero-order chi connectivity index (χ0) is 13.6. The first-order valence-corrected chi connectivity index (χ1v) is 7.73. The number of amides is 1. The van der Waals surface area contributed by atoms with Gasteiger partial charge in [-0.2, -0.15) is 0 Å². The minimum atomic E-state index is 0.0742. The molecule has 1 heterocycles. The molecule has 0 spiro atoms. The maximum absolute atomic E-state index is 12.5. The molecule has 3 atom stereocenters. The molecule has 5 heteroatoms. The van der Waals surface area contributed by atoms with Crippen molar-refractivity contribution in [2.45, 2.75) is 18.9 Å². The third-order valence-corrected chi connectivity index (χ3v) is 5.25. The number of hydrogen-bond acceptors (Lipinski definition) is 2. The summed E-state index contributed by atoms with van der Waals surface area (Å²) in [7, 11) is 0. The van der Waals surface area contributed by atoms with E-state index in [1.54, 1.807) is 18.2 Å². The van der Waals surface area contributed by atoms with E-state index in [1.807, 2.05) is 4.90 Å². The van der Waals surface area contributed by atoms with Gasteiger partial charge >= 0.3 is 0 Å². The first-order chi connectivity index (χ1) is 9.06. The number of nitrogens with two attached hydrogens (primary N) is 1. The second kappa shape index (κ2) is 5.08. The highest BCUT2D eigenvalue weighted by molar-refractivity contribution is 9.10. The molecule has 1 amide bonds. The normalized spacial score (nSPS) is 29.6. The van der Waals surface area contributed by atoms with Gasteiger partial charge in [0.2, 0.25) is 0 Å².